The van der Waals surface area contributed by atoms with Crippen molar-refractivity contribution < 1.29 is 9.59 Å². The average molecular weight is 399 g/mol. The molecule has 150 valence electrons. The number of nitrogens with one attached hydrogen (secondary N) is 4. The molecule has 0 spiro atoms. The quantitative estimate of drug-likeness (QED) is 0.375. The molecule has 0 fully saturated rings. The van der Waals surface area contributed by atoms with Gasteiger partial charge in [0.1, 0.15) is 5.82 Å². The van der Waals surface area contributed by atoms with E-state index in [1.807, 2.05) is 54.6 Å². The highest BCUT2D eigenvalue weighted by Crippen LogP contribution is 2.16. The van der Waals surface area contributed by atoms with E-state index in [1.54, 1.807) is 24.3 Å². The Labute approximate surface area is 173 Å². The summed E-state index contributed by atoms with van der Waals surface area (Å²) in [5.74, 6) is 0.688. The predicted octanol–water partition coefficient (Wildman–Crippen LogP) is 4.78. The Balaban J connectivity index is 1.26. The van der Waals surface area contributed by atoms with E-state index in [0.717, 1.165) is 16.9 Å². The van der Waals surface area contributed by atoms with Crippen molar-refractivity contribution in [1.82, 2.24) is 9.97 Å². The van der Waals surface area contributed by atoms with Crippen molar-refractivity contribution in [3.8, 4) is 0 Å². The van der Waals surface area contributed by atoms with Gasteiger partial charge in [0.2, 0.25) is 5.91 Å². The number of hydrogen-bond acceptors (Lipinski definition) is 3. The summed E-state index contributed by atoms with van der Waals surface area (Å²) in [6.07, 6.45) is 0.846. The number of para-hydroxylation sites is 3. The van der Waals surface area contributed by atoms with Gasteiger partial charge in [-0.1, -0.05) is 30.3 Å². The highest BCUT2D eigenvalue weighted by atomic mass is 16.2. The third-order valence-corrected chi connectivity index (χ3v) is 4.49. The summed E-state index contributed by atoms with van der Waals surface area (Å²) in [5.41, 5.74) is 3.87. The molecular formula is C23H21N5O2. The molecule has 4 rings (SSSR count). The molecule has 1 aromatic heterocycles. The van der Waals surface area contributed by atoms with E-state index in [-0.39, 0.29) is 11.9 Å². The van der Waals surface area contributed by atoms with Crippen LogP contribution >= 0.6 is 0 Å². The summed E-state index contributed by atoms with van der Waals surface area (Å²) >= 11 is 0. The van der Waals surface area contributed by atoms with E-state index in [9.17, 15) is 9.59 Å². The predicted molar refractivity (Wildman–Crippen MR) is 119 cm³/mol. The van der Waals surface area contributed by atoms with Gasteiger partial charge >= 0.3 is 6.03 Å². The first kappa shape index (κ1) is 19.2. The lowest BCUT2D eigenvalue weighted by Gasteiger charge is -2.09. The molecule has 0 aliphatic carbocycles. The molecule has 0 unspecified atom stereocenters. The standard InChI is InChI=1S/C23H21N5O2/c29-22(15-14-21-27-19-8-4-5-9-20(19)28-21)24-17-10-12-18(13-11-17)26-23(30)25-16-6-2-1-3-7-16/h1-13H,14-15H2,(H,24,29)(H,27,28)(H2,25,26,30). The zero-order valence-corrected chi connectivity index (χ0v) is 16.2. The number of carbonyl (C=O) groups excluding carboxylic acids is 2. The van der Waals surface area contributed by atoms with Crippen LogP contribution in [0.25, 0.3) is 11.0 Å². The van der Waals surface area contributed by atoms with Gasteiger partial charge in [0, 0.05) is 29.9 Å². The number of aryl methyl sites for hydroxylation is 1. The van der Waals surface area contributed by atoms with Crippen LogP contribution in [0.1, 0.15) is 12.2 Å². The van der Waals surface area contributed by atoms with Crippen LogP contribution in [0.4, 0.5) is 21.9 Å². The van der Waals surface area contributed by atoms with Crippen LogP contribution in [0.5, 0.6) is 0 Å². The number of nitrogens with zero attached hydrogens (tertiary/aromatic N) is 1. The van der Waals surface area contributed by atoms with Gasteiger partial charge < -0.3 is 20.9 Å². The average Bonchev–Trinajstić information content (AvgIpc) is 3.17. The topological polar surface area (TPSA) is 98.9 Å². The fourth-order valence-corrected chi connectivity index (χ4v) is 3.03. The molecule has 3 amide bonds. The highest BCUT2D eigenvalue weighted by Gasteiger charge is 2.07. The molecule has 0 saturated carbocycles. The van der Waals surface area contributed by atoms with Crippen molar-refractivity contribution in [2.45, 2.75) is 12.8 Å². The van der Waals surface area contributed by atoms with Crippen molar-refractivity contribution in [3.05, 3.63) is 84.7 Å². The summed E-state index contributed by atoms with van der Waals surface area (Å²) in [6, 6.07) is 23.6. The van der Waals surface area contributed by atoms with Gasteiger partial charge in [-0.05, 0) is 48.5 Å². The van der Waals surface area contributed by atoms with Crippen LogP contribution in [0.15, 0.2) is 78.9 Å². The smallest absolute Gasteiger partial charge is 0.323 e. The number of urea groups is 1. The lowest BCUT2D eigenvalue weighted by atomic mass is 10.2. The first-order valence-electron chi connectivity index (χ1n) is 9.62. The van der Waals surface area contributed by atoms with Gasteiger partial charge in [-0.25, -0.2) is 9.78 Å². The number of benzene rings is 3. The number of amides is 3. The maximum absolute atomic E-state index is 12.2. The molecule has 0 atom stereocenters. The Kier molecular flexibility index (Phi) is 5.70. The number of imidazole rings is 1. The monoisotopic (exact) mass is 399 g/mol. The van der Waals surface area contributed by atoms with E-state index < -0.39 is 0 Å². The maximum Gasteiger partial charge on any atom is 0.323 e. The zero-order chi connectivity index (χ0) is 20.8. The molecular weight excluding hydrogens is 378 g/mol. The summed E-state index contributed by atoms with van der Waals surface area (Å²) in [6.45, 7) is 0. The second-order valence-corrected chi connectivity index (χ2v) is 6.77. The van der Waals surface area contributed by atoms with Gasteiger partial charge in [-0.15, -0.1) is 0 Å². The van der Waals surface area contributed by atoms with Crippen molar-refractivity contribution in [2.24, 2.45) is 0 Å². The maximum atomic E-state index is 12.2. The summed E-state index contributed by atoms with van der Waals surface area (Å²) in [4.78, 5) is 32.0. The Morgan fingerprint density at radius 2 is 1.33 bits per heavy atom. The Morgan fingerprint density at radius 3 is 2.03 bits per heavy atom. The molecule has 0 saturated heterocycles. The minimum Gasteiger partial charge on any atom is -0.342 e. The van der Waals surface area contributed by atoms with E-state index in [2.05, 4.69) is 25.9 Å². The molecule has 4 N–H and O–H groups in total. The zero-order valence-electron chi connectivity index (χ0n) is 16.2. The van der Waals surface area contributed by atoms with Gasteiger partial charge in [0.25, 0.3) is 0 Å². The minimum atomic E-state index is -0.330. The van der Waals surface area contributed by atoms with Crippen molar-refractivity contribution in [1.29, 1.82) is 0 Å². The van der Waals surface area contributed by atoms with Crippen LogP contribution in [0, 0.1) is 0 Å². The number of aromatic amines is 1. The molecule has 3 aromatic carbocycles. The first-order chi connectivity index (χ1) is 14.7. The Morgan fingerprint density at radius 1 is 0.733 bits per heavy atom. The van der Waals surface area contributed by atoms with Crippen LogP contribution in [0.3, 0.4) is 0 Å². The summed E-state index contributed by atoms with van der Waals surface area (Å²) in [7, 11) is 0. The molecule has 1 heterocycles. The van der Waals surface area contributed by atoms with Crippen LogP contribution < -0.4 is 16.0 Å². The van der Waals surface area contributed by atoms with Gasteiger partial charge in [0.05, 0.1) is 11.0 Å². The van der Waals surface area contributed by atoms with Crippen LogP contribution in [-0.2, 0) is 11.2 Å². The van der Waals surface area contributed by atoms with Crippen molar-refractivity contribution in [3.63, 3.8) is 0 Å². The van der Waals surface area contributed by atoms with Crippen molar-refractivity contribution >= 4 is 40.0 Å². The Hall–Kier alpha value is -4.13. The molecule has 30 heavy (non-hydrogen) atoms. The van der Waals surface area contributed by atoms with Gasteiger partial charge in [-0.3, -0.25) is 4.79 Å². The van der Waals surface area contributed by atoms with Gasteiger partial charge in [0.15, 0.2) is 0 Å². The molecule has 7 nitrogen and oxygen atoms in total. The largest absolute Gasteiger partial charge is 0.342 e. The van der Waals surface area contributed by atoms with E-state index >= 15 is 0 Å². The first-order valence-corrected chi connectivity index (χ1v) is 9.62. The molecule has 0 radical (unpaired) electrons. The lowest BCUT2D eigenvalue weighted by molar-refractivity contribution is -0.116. The number of hydrogen-bond donors (Lipinski definition) is 4. The summed E-state index contributed by atoms with van der Waals surface area (Å²) < 4.78 is 0. The molecule has 4 aromatic rings. The number of fused-ring (bicyclic) bond motifs is 1. The fourth-order valence-electron chi connectivity index (χ4n) is 3.03. The fraction of sp³-hybridized carbons (Fsp3) is 0.0870. The third kappa shape index (κ3) is 5.02. The van der Waals surface area contributed by atoms with Gasteiger partial charge in [-0.2, -0.15) is 0 Å². The summed E-state index contributed by atoms with van der Waals surface area (Å²) in [5, 5.41) is 8.36. The second-order valence-electron chi connectivity index (χ2n) is 6.77. The normalized spacial score (nSPS) is 10.5. The van der Waals surface area contributed by atoms with E-state index in [0.29, 0.717) is 29.9 Å². The SMILES string of the molecule is O=C(CCc1nc2ccccc2[nH]1)Nc1ccc(NC(=O)Nc2ccccc2)cc1. The van der Waals surface area contributed by atoms with E-state index in [1.165, 1.54) is 0 Å². The number of H-pyrrole nitrogens is 1. The highest BCUT2D eigenvalue weighted by molar-refractivity contribution is 6.00. The number of rotatable bonds is 6. The molecule has 7 heteroatoms. The number of carbonyl (C=O) groups is 2. The number of anilines is 3. The second kappa shape index (κ2) is 8.91. The minimum absolute atomic E-state index is 0.0991. The van der Waals surface area contributed by atoms with E-state index in [4.69, 9.17) is 0 Å². The van der Waals surface area contributed by atoms with Crippen LogP contribution in [-0.4, -0.2) is 21.9 Å². The third-order valence-electron chi connectivity index (χ3n) is 4.49. The molecule has 0 bridgehead atoms. The molecule has 0 aliphatic heterocycles. The Bertz CT molecular complexity index is 1120. The van der Waals surface area contributed by atoms with Crippen LogP contribution in [0.2, 0.25) is 0 Å². The lowest BCUT2D eigenvalue weighted by Crippen LogP contribution is -2.19. The van der Waals surface area contributed by atoms with Crippen molar-refractivity contribution in [2.75, 3.05) is 16.0 Å². The molecule has 0 aliphatic rings. The number of aromatic nitrogens is 2.